The van der Waals surface area contributed by atoms with Gasteiger partial charge in [-0.2, -0.15) is 0 Å². The number of piperidine rings is 1. The minimum atomic E-state index is 0.150. The second kappa shape index (κ2) is 7.98. The molecule has 0 aromatic carbocycles. The van der Waals surface area contributed by atoms with Crippen molar-refractivity contribution >= 4 is 11.7 Å². The molecular formula is C16H26N4O. The van der Waals surface area contributed by atoms with Crippen LogP contribution < -0.4 is 15.5 Å². The van der Waals surface area contributed by atoms with E-state index in [0.29, 0.717) is 0 Å². The average molecular weight is 290 g/mol. The van der Waals surface area contributed by atoms with Crippen LogP contribution in [0.5, 0.6) is 0 Å². The zero-order valence-corrected chi connectivity index (χ0v) is 13.1. The first kappa shape index (κ1) is 15.8. The van der Waals surface area contributed by atoms with Crippen LogP contribution in [0.1, 0.15) is 31.7 Å². The van der Waals surface area contributed by atoms with Gasteiger partial charge in [0.15, 0.2) is 0 Å². The molecule has 0 radical (unpaired) electrons. The van der Waals surface area contributed by atoms with Gasteiger partial charge < -0.3 is 15.5 Å². The van der Waals surface area contributed by atoms with Crippen LogP contribution in [-0.2, 0) is 11.3 Å². The Labute approximate surface area is 127 Å². The van der Waals surface area contributed by atoms with Crippen molar-refractivity contribution in [2.45, 2.75) is 32.7 Å². The number of carbonyl (C=O) groups is 1. The van der Waals surface area contributed by atoms with Gasteiger partial charge >= 0.3 is 0 Å². The van der Waals surface area contributed by atoms with E-state index in [-0.39, 0.29) is 11.8 Å². The molecule has 1 aromatic rings. The van der Waals surface area contributed by atoms with E-state index < -0.39 is 0 Å². The van der Waals surface area contributed by atoms with E-state index in [1.807, 2.05) is 12.3 Å². The third-order valence-corrected chi connectivity index (χ3v) is 4.02. The van der Waals surface area contributed by atoms with E-state index in [2.05, 4.69) is 33.5 Å². The molecule has 1 aliphatic heterocycles. The van der Waals surface area contributed by atoms with Crippen LogP contribution in [0.15, 0.2) is 18.3 Å². The number of amides is 1. The number of pyridine rings is 1. The molecule has 1 fully saturated rings. The smallest absolute Gasteiger partial charge is 0.222 e. The summed E-state index contributed by atoms with van der Waals surface area (Å²) in [6.07, 6.45) is 4.78. The van der Waals surface area contributed by atoms with Crippen LogP contribution in [0, 0.1) is 5.92 Å². The lowest BCUT2D eigenvalue weighted by molar-refractivity contribution is -0.125. The quantitative estimate of drug-likeness (QED) is 0.780. The van der Waals surface area contributed by atoms with Crippen molar-refractivity contribution in [3.63, 3.8) is 0 Å². The highest BCUT2D eigenvalue weighted by atomic mass is 16.1. The molecule has 1 aliphatic rings. The van der Waals surface area contributed by atoms with E-state index in [0.717, 1.165) is 51.3 Å². The number of aromatic nitrogens is 1. The Hall–Kier alpha value is -1.62. The maximum atomic E-state index is 11.7. The first-order valence-electron chi connectivity index (χ1n) is 7.87. The molecule has 0 unspecified atom stereocenters. The topological polar surface area (TPSA) is 57.3 Å². The summed E-state index contributed by atoms with van der Waals surface area (Å²) in [5.41, 5.74) is 1.24. The summed E-state index contributed by atoms with van der Waals surface area (Å²) in [5.74, 6) is 1.38. The van der Waals surface area contributed by atoms with Crippen LogP contribution in [0.3, 0.4) is 0 Å². The normalized spacial score (nSPS) is 16.0. The summed E-state index contributed by atoms with van der Waals surface area (Å²) >= 11 is 0. The predicted octanol–water partition coefficient (Wildman–Crippen LogP) is 1.54. The van der Waals surface area contributed by atoms with E-state index in [1.165, 1.54) is 5.56 Å². The summed E-state index contributed by atoms with van der Waals surface area (Å²) in [4.78, 5) is 18.6. The highest BCUT2D eigenvalue weighted by Crippen LogP contribution is 2.24. The maximum absolute atomic E-state index is 11.7. The molecule has 0 saturated carbocycles. The summed E-state index contributed by atoms with van der Waals surface area (Å²) < 4.78 is 0. The first-order chi connectivity index (χ1) is 10.3. The lowest BCUT2D eigenvalue weighted by Crippen LogP contribution is -2.40. The molecule has 2 N–H and O–H groups in total. The van der Waals surface area contributed by atoms with Crippen LogP contribution in [-0.4, -0.2) is 37.6 Å². The van der Waals surface area contributed by atoms with Gasteiger partial charge in [0.1, 0.15) is 5.82 Å². The molecule has 1 saturated heterocycles. The number of rotatable bonds is 6. The van der Waals surface area contributed by atoms with Gasteiger partial charge in [-0.15, -0.1) is 0 Å². The van der Waals surface area contributed by atoms with E-state index in [9.17, 15) is 4.79 Å². The Morgan fingerprint density at radius 1 is 1.43 bits per heavy atom. The fraction of sp³-hybridized carbons (Fsp3) is 0.625. The summed E-state index contributed by atoms with van der Waals surface area (Å²) in [6, 6.07) is 4.12. The van der Waals surface area contributed by atoms with Gasteiger partial charge in [-0.3, -0.25) is 4.79 Å². The number of anilines is 1. The predicted molar refractivity (Wildman–Crippen MR) is 85.2 cm³/mol. The summed E-state index contributed by atoms with van der Waals surface area (Å²) in [6.45, 7) is 5.84. The van der Waals surface area contributed by atoms with Gasteiger partial charge in [0.2, 0.25) is 5.91 Å². The SMILES string of the molecule is CCCNCc1cccnc1N1CCC(C(=O)NC)CC1. The molecule has 2 heterocycles. The zero-order chi connectivity index (χ0) is 15.1. The molecule has 2 rings (SSSR count). The molecule has 0 spiro atoms. The number of nitrogens with one attached hydrogen (secondary N) is 2. The Balaban J connectivity index is 1.98. The second-order valence-corrected chi connectivity index (χ2v) is 5.54. The third kappa shape index (κ3) is 4.17. The Morgan fingerprint density at radius 3 is 2.86 bits per heavy atom. The minimum absolute atomic E-state index is 0.150. The van der Waals surface area contributed by atoms with Crippen molar-refractivity contribution in [2.75, 3.05) is 31.6 Å². The first-order valence-corrected chi connectivity index (χ1v) is 7.87. The molecule has 5 nitrogen and oxygen atoms in total. The van der Waals surface area contributed by atoms with Gasteiger partial charge in [0, 0.05) is 44.4 Å². The van der Waals surface area contributed by atoms with Crippen molar-refractivity contribution in [1.82, 2.24) is 15.6 Å². The van der Waals surface area contributed by atoms with E-state index in [4.69, 9.17) is 0 Å². The van der Waals surface area contributed by atoms with Crippen LogP contribution in [0.25, 0.3) is 0 Å². The fourth-order valence-corrected chi connectivity index (χ4v) is 2.81. The zero-order valence-electron chi connectivity index (χ0n) is 13.1. The molecule has 116 valence electrons. The summed E-state index contributed by atoms with van der Waals surface area (Å²) in [7, 11) is 1.71. The van der Waals surface area contributed by atoms with Crippen LogP contribution in [0.4, 0.5) is 5.82 Å². The van der Waals surface area contributed by atoms with Crippen LogP contribution in [0.2, 0.25) is 0 Å². The Morgan fingerprint density at radius 2 is 2.19 bits per heavy atom. The van der Waals surface area contributed by atoms with Gasteiger partial charge in [-0.25, -0.2) is 4.98 Å². The van der Waals surface area contributed by atoms with Gasteiger partial charge in [-0.1, -0.05) is 13.0 Å². The minimum Gasteiger partial charge on any atom is -0.359 e. The molecule has 0 atom stereocenters. The number of hydrogen-bond acceptors (Lipinski definition) is 4. The molecule has 1 aromatic heterocycles. The van der Waals surface area contributed by atoms with Crippen molar-refractivity contribution in [2.24, 2.45) is 5.92 Å². The molecule has 0 bridgehead atoms. The van der Waals surface area contributed by atoms with Crippen LogP contribution >= 0.6 is 0 Å². The highest BCUT2D eigenvalue weighted by Gasteiger charge is 2.25. The van der Waals surface area contributed by atoms with E-state index >= 15 is 0 Å². The standard InChI is InChI=1S/C16H26N4O/c1-3-8-18-12-14-5-4-9-19-15(14)20-10-6-13(7-11-20)16(21)17-2/h4-5,9,13,18H,3,6-8,10-12H2,1-2H3,(H,17,21). The molecule has 21 heavy (non-hydrogen) atoms. The highest BCUT2D eigenvalue weighted by molar-refractivity contribution is 5.78. The van der Waals surface area contributed by atoms with Crippen molar-refractivity contribution in [3.8, 4) is 0 Å². The Kier molecular flexibility index (Phi) is 5.99. The second-order valence-electron chi connectivity index (χ2n) is 5.54. The third-order valence-electron chi connectivity index (χ3n) is 4.02. The van der Waals surface area contributed by atoms with Crippen molar-refractivity contribution in [3.05, 3.63) is 23.9 Å². The summed E-state index contributed by atoms with van der Waals surface area (Å²) in [5, 5.41) is 6.19. The average Bonchev–Trinajstić information content (AvgIpc) is 2.55. The monoisotopic (exact) mass is 290 g/mol. The van der Waals surface area contributed by atoms with Gasteiger partial charge in [0.05, 0.1) is 0 Å². The van der Waals surface area contributed by atoms with Crippen molar-refractivity contribution in [1.29, 1.82) is 0 Å². The largest absolute Gasteiger partial charge is 0.359 e. The number of carbonyl (C=O) groups excluding carboxylic acids is 1. The van der Waals surface area contributed by atoms with Gasteiger partial charge in [0.25, 0.3) is 0 Å². The maximum Gasteiger partial charge on any atom is 0.222 e. The lowest BCUT2D eigenvalue weighted by atomic mass is 9.95. The molecule has 1 amide bonds. The molecule has 0 aliphatic carbocycles. The number of nitrogens with zero attached hydrogens (tertiary/aromatic N) is 2. The Bertz CT molecular complexity index is 455. The lowest BCUT2D eigenvalue weighted by Gasteiger charge is -2.33. The van der Waals surface area contributed by atoms with E-state index in [1.54, 1.807) is 7.05 Å². The van der Waals surface area contributed by atoms with Gasteiger partial charge in [-0.05, 0) is 31.9 Å². The molecular weight excluding hydrogens is 264 g/mol. The fourth-order valence-electron chi connectivity index (χ4n) is 2.81. The molecule has 5 heteroatoms. The number of hydrogen-bond donors (Lipinski definition) is 2. The van der Waals surface area contributed by atoms with Crippen molar-refractivity contribution < 1.29 is 4.79 Å².